The lowest BCUT2D eigenvalue weighted by Gasteiger charge is -1.90. The molecule has 0 aliphatic carbocycles. The van der Waals surface area contributed by atoms with Gasteiger partial charge in [-0.1, -0.05) is 0 Å². The van der Waals surface area contributed by atoms with E-state index < -0.39 is 12.2 Å². The van der Waals surface area contributed by atoms with Gasteiger partial charge in [-0.05, 0) is 0 Å². The minimum atomic E-state index is -0.657. The number of amides is 1. The Kier molecular flexibility index (Phi) is 10.5. The predicted molar refractivity (Wildman–Crippen MR) is 40.9 cm³/mol. The van der Waals surface area contributed by atoms with Crippen molar-refractivity contribution in [2.75, 3.05) is 28.4 Å². The molecule has 0 heterocycles. The van der Waals surface area contributed by atoms with Crippen LogP contribution in [-0.4, -0.2) is 40.6 Å². The number of carbonyl (C=O) groups is 2. The van der Waals surface area contributed by atoms with Gasteiger partial charge in [0, 0.05) is 7.05 Å². The number of methoxy groups -OCH3 is 3. The van der Waals surface area contributed by atoms with E-state index in [0.717, 1.165) is 0 Å². The fraction of sp³-hybridized carbons (Fsp3) is 0.667. The van der Waals surface area contributed by atoms with Crippen LogP contribution in [-0.2, 0) is 14.2 Å². The normalized spacial score (nSPS) is 7.00. The molecule has 0 aromatic carbocycles. The molecule has 12 heavy (non-hydrogen) atoms. The summed E-state index contributed by atoms with van der Waals surface area (Å²) < 4.78 is 12.2. The largest absolute Gasteiger partial charge is 0.507 e. The van der Waals surface area contributed by atoms with E-state index in [9.17, 15) is 9.59 Å². The first kappa shape index (κ1) is 13.2. The van der Waals surface area contributed by atoms with E-state index in [0.29, 0.717) is 0 Å². The van der Waals surface area contributed by atoms with E-state index in [2.05, 4.69) is 19.5 Å². The van der Waals surface area contributed by atoms with Gasteiger partial charge in [0.25, 0.3) is 0 Å². The Bertz CT molecular complexity index is 108. The number of hydrogen-bond donors (Lipinski definition) is 1. The molecular formula is C6H13NO5. The lowest BCUT2D eigenvalue weighted by molar-refractivity contribution is 0.0924. The molecule has 0 aromatic heterocycles. The quantitative estimate of drug-likeness (QED) is 0.544. The maximum Gasteiger partial charge on any atom is 0.507 e. The smallest absolute Gasteiger partial charge is 0.453 e. The third kappa shape index (κ3) is 11.4. The van der Waals surface area contributed by atoms with Crippen LogP contribution in [0, 0.1) is 0 Å². The molecule has 1 amide bonds. The van der Waals surface area contributed by atoms with Crippen molar-refractivity contribution >= 4 is 12.2 Å². The summed E-state index contributed by atoms with van der Waals surface area (Å²) in [5, 5.41) is 2.25. The highest BCUT2D eigenvalue weighted by Gasteiger charge is 1.88. The van der Waals surface area contributed by atoms with Crippen LogP contribution >= 0.6 is 0 Å². The molecule has 0 aliphatic rings. The zero-order valence-corrected chi connectivity index (χ0v) is 7.54. The number of ether oxygens (including phenoxy) is 3. The number of nitrogens with one attached hydrogen (secondary N) is 1. The molecule has 6 nitrogen and oxygen atoms in total. The van der Waals surface area contributed by atoms with Gasteiger partial charge in [-0.2, -0.15) is 0 Å². The maximum atomic E-state index is 9.85. The van der Waals surface area contributed by atoms with Crippen molar-refractivity contribution in [3.05, 3.63) is 0 Å². The zero-order valence-electron chi connectivity index (χ0n) is 7.54. The molecule has 0 bridgehead atoms. The van der Waals surface area contributed by atoms with Crippen molar-refractivity contribution in [2.24, 2.45) is 0 Å². The molecule has 0 atom stereocenters. The second-order valence-corrected chi connectivity index (χ2v) is 1.40. The summed E-state index contributed by atoms with van der Waals surface area (Å²) in [4.78, 5) is 19.6. The van der Waals surface area contributed by atoms with Crippen LogP contribution < -0.4 is 5.32 Å². The van der Waals surface area contributed by atoms with Crippen LogP contribution in [0.1, 0.15) is 0 Å². The third-order valence-electron chi connectivity index (χ3n) is 0.723. The van der Waals surface area contributed by atoms with Gasteiger partial charge in [-0.3, -0.25) is 0 Å². The molecule has 0 unspecified atom stereocenters. The monoisotopic (exact) mass is 179 g/mol. The standard InChI is InChI=1S/C3H7NO2.C3H6O3/c1-4-3(5)6-2;1-5-3(4)6-2/h1-2H3,(H,4,5);1-2H3. The molecule has 0 rings (SSSR count). The predicted octanol–water partition coefficient (Wildman–Crippen LogP) is 0.371. The summed E-state index contributed by atoms with van der Waals surface area (Å²) in [6, 6.07) is 0. The Balaban J connectivity index is 0. The van der Waals surface area contributed by atoms with E-state index >= 15 is 0 Å². The SMILES string of the molecule is CNC(=O)OC.COC(=O)OC. The van der Waals surface area contributed by atoms with E-state index in [1.165, 1.54) is 28.4 Å². The average molecular weight is 179 g/mol. The molecule has 0 aromatic rings. The first-order valence-electron chi connectivity index (χ1n) is 3.00. The van der Waals surface area contributed by atoms with Gasteiger partial charge in [0.15, 0.2) is 0 Å². The highest BCUT2D eigenvalue weighted by Crippen LogP contribution is 1.72. The number of alkyl carbamates (subject to hydrolysis) is 1. The average Bonchev–Trinajstić information content (AvgIpc) is 2.16. The summed E-state index contributed by atoms with van der Waals surface area (Å²) in [6.45, 7) is 0. The van der Waals surface area contributed by atoms with Crippen LogP contribution in [0.4, 0.5) is 9.59 Å². The van der Waals surface area contributed by atoms with E-state index in [-0.39, 0.29) is 0 Å². The van der Waals surface area contributed by atoms with Crippen molar-refractivity contribution in [3.63, 3.8) is 0 Å². The highest BCUT2D eigenvalue weighted by atomic mass is 16.7. The Morgan fingerprint density at radius 3 is 1.42 bits per heavy atom. The molecule has 0 radical (unpaired) electrons. The van der Waals surface area contributed by atoms with Gasteiger partial charge in [-0.25, -0.2) is 9.59 Å². The lowest BCUT2D eigenvalue weighted by Crippen LogP contribution is -2.16. The summed E-state index contributed by atoms with van der Waals surface area (Å²) in [5.41, 5.74) is 0. The lowest BCUT2D eigenvalue weighted by atomic mass is 11.1. The molecular weight excluding hydrogens is 166 g/mol. The fourth-order valence-corrected chi connectivity index (χ4v) is 0.185. The number of carbonyl (C=O) groups excluding carboxylic acids is 2. The first-order chi connectivity index (χ1) is 5.62. The molecule has 0 spiro atoms. The maximum absolute atomic E-state index is 9.85. The van der Waals surface area contributed by atoms with Crippen LogP contribution in [0.2, 0.25) is 0 Å². The van der Waals surface area contributed by atoms with Crippen molar-refractivity contribution in [1.29, 1.82) is 0 Å². The molecule has 0 saturated heterocycles. The van der Waals surface area contributed by atoms with Gasteiger partial charge in [0.2, 0.25) is 0 Å². The molecule has 0 aliphatic heterocycles. The van der Waals surface area contributed by atoms with E-state index in [1.807, 2.05) is 0 Å². The highest BCUT2D eigenvalue weighted by molar-refractivity contribution is 5.66. The van der Waals surface area contributed by atoms with Gasteiger partial charge in [0.1, 0.15) is 0 Å². The number of rotatable bonds is 0. The second-order valence-electron chi connectivity index (χ2n) is 1.40. The van der Waals surface area contributed by atoms with E-state index in [1.54, 1.807) is 0 Å². The van der Waals surface area contributed by atoms with Crippen LogP contribution in [0.25, 0.3) is 0 Å². The molecule has 6 heteroatoms. The Morgan fingerprint density at radius 1 is 1.00 bits per heavy atom. The van der Waals surface area contributed by atoms with Gasteiger partial charge >= 0.3 is 12.2 Å². The van der Waals surface area contributed by atoms with Gasteiger partial charge in [0.05, 0.1) is 21.3 Å². The van der Waals surface area contributed by atoms with Crippen LogP contribution in [0.3, 0.4) is 0 Å². The van der Waals surface area contributed by atoms with Crippen molar-refractivity contribution in [3.8, 4) is 0 Å². The first-order valence-corrected chi connectivity index (χ1v) is 3.00. The Labute approximate surface area is 70.8 Å². The minimum Gasteiger partial charge on any atom is -0.453 e. The van der Waals surface area contributed by atoms with Crippen molar-refractivity contribution in [1.82, 2.24) is 5.32 Å². The van der Waals surface area contributed by atoms with Crippen molar-refractivity contribution in [2.45, 2.75) is 0 Å². The van der Waals surface area contributed by atoms with Gasteiger partial charge < -0.3 is 19.5 Å². The third-order valence-corrected chi connectivity index (χ3v) is 0.723. The molecule has 0 fully saturated rings. The van der Waals surface area contributed by atoms with E-state index in [4.69, 9.17) is 0 Å². The summed E-state index contributed by atoms with van der Waals surface area (Å²) in [5.74, 6) is 0. The molecule has 72 valence electrons. The second kappa shape index (κ2) is 9.54. The summed E-state index contributed by atoms with van der Waals surface area (Å²) >= 11 is 0. The fourth-order valence-electron chi connectivity index (χ4n) is 0.185. The Morgan fingerprint density at radius 2 is 1.42 bits per heavy atom. The van der Waals surface area contributed by atoms with Crippen molar-refractivity contribution < 1.29 is 23.8 Å². The minimum absolute atomic E-state index is 0.407. The zero-order chi connectivity index (χ0) is 9.98. The number of hydrogen-bond acceptors (Lipinski definition) is 5. The van der Waals surface area contributed by atoms with Crippen LogP contribution in [0.15, 0.2) is 0 Å². The molecule has 1 N–H and O–H groups in total. The molecule has 0 saturated carbocycles. The summed E-state index contributed by atoms with van der Waals surface area (Å²) in [7, 11) is 5.34. The Hall–Kier alpha value is -1.46. The summed E-state index contributed by atoms with van der Waals surface area (Å²) in [6.07, 6.45) is -1.06. The topological polar surface area (TPSA) is 73.9 Å². The van der Waals surface area contributed by atoms with Crippen LogP contribution in [0.5, 0.6) is 0 Å². The van der Waals surface area contributed by atoms with Gasteiger partial charge in [-0.15, -0.1) is 0 Å².